The van der Waals surface area contributed by atoms with E-state index in [4.69, 9.17) is 23.2 Å². The van der Waals surface area contributed by atoms with Gasteiger partial charge in [0.15, 0.2) is 5.78 Å². The van der Waals surface area contributed by atoms with E-state index in [1.165, 1.54) is 0 Å². The van der Waals surface area contributed by atoms with Gasteiger partial charge in [0.1, 0.15) is 0 Å². The molecule has 5 heteroatoms. The zero-order valence-electron chi connectivity index (χ0n) is 10.2. The van der Waals surface area contributed by atoms with Crippen molar-refractivity contribution in [3.05, 3.63) is 70.0 Å². The molecule has 0 unspecified atom stereocenters. The van der Waals surface area contributed by atoms with Crippen molar-refractivity contribution < 1.29 is 4.79 Å². The first kappa shape index (κ1) is 13.0. The fraction of sp³-hybridized carbons (Fsp3) is 0. The summed E-state index contributed by atoms with van der Waals surface area (Å²) in [6.07, 6.45) is 3.14. The molecule has 3 nitrogen and oxygen atoms in total. The maximum atomic E-state index is 12.6. The molecule has 0 aliphatic rings. The Balaban J connectivity index is 2.20. The van der Waals surface area contributed by atoms with Crippen molar-refractivity contribution in [2.45, 2.75) is 0 Å². The molecule has 0 bridgehead atoms. The first-order valence-corrected chi connectivity index (χ1v) is 6.62. The lowest BCUT2D eigenvalue weighted by atomic mass is 10.0. The van der Waals surface area contributed by atoms with Crippen LogP contribution < -0.4 is 0 Å². The summed E-state index contributed by atoms with van der Waals surface area (Å²) in [7, 11) is 0. The highest BCUT2D eigenvalue weighted by atomic mass is 35.5. The molecule has 0 radical (unpaired) electrons. The second-order valence-corrected chi connectivity index (χ2v) is 5.03. The molecule has 2 aromatic carbocycles. The molecule has 3 rings (SSSR count). The molecule has 0 saturated carbocycles. The lowest BCUT2D eigenvalue weighted by Crippen LogP contribution is -2.04. The lowest BCUT2D eigenvalue weighted by molar-refractivity contribution is 0.104. The van der Waals surface area contributed by atoms with Gasteiger partial charge in [-0.1, -0.05) is 29.3 Å². The Bertz CT molecular complexity index is 813. The van der Waals surface area contributed by atoms with E-state index in [0.29, 0.717) is 32.2 Å². The number of hydrogen-bond acceptors (Lipinski definition) is 3. The van der Waals surface area contributed by atoms with E-state index in [1.807, 2.05) is 0 Å². The number of rotatable bonds is 2. The highest BCUT2D eigenvalue weighted by molar-refractivity contribution is 6.37. The van der Waals surface area contributed by atoms with E-state index >= 15 is 0 Å². The highest BCUT2D eigenvalue weighted by Gasteiger charge is 2.16. The molecule has 20 heavy (non-hydrogen) atoms. The van der Waals surface area contributed by atoms with Gasteiger partial charge in [0.25, 0.3) is 0 Å². The van der Waals surface area contributed by atoms with E-state index < -0.39 is 0 Å². The van der Waals surface area contributed by atoms with Gasteiger partial charge in [0.2, 0.25) is 0 Å². The third-order valence-corrected chi connectivity index (χ3v) is 3.48. The summed E-state index contributed by atoms with van der Waals surface area (Å²) in [5, 5.41) is 0.823. The van der Waals surface area contributed by atoms with E-state index in [0.717, 1.165) is 0 Å². The summed E-state index contributed by atoms with van der Waals surface area (Å²) in [5.41, 5.74) is 2.03. The van der Waals surface area contributed by atoms with Gasteiger partial charge >= 0.3 is 0 Å². The molecular formula is C15H8Cl2N2O. The molecule has 0 spiro atoms. The highest BCUT2D eigenvalue weighted by Crippen LogP contribution is 2.25. The van der Waals surface area contributed by atoms with Crippen molar-refractivity contribution in [2.75, 3.05) is 0 Å². The Hall–Kier alpha value is -1.97. The molecule has 0 aliphatic carbocycles. The van der Waals surface area contributed by atoms with Crippen LogP contribution in [0.3, 0.4) is 0 Å². The van der Waals surface area contributed by atoms with Gasteiger partial charge in [-0.15, -0.1) is 0 Å². The minimum atomic E-state index is -0.219. The standard InChI is InChI=1S/C15H8Cl2N2O/c16-9-4-5-12(17)11(8-9)15(20)10-2-1-3-13-14(10)19-7-6-18-13/h1-8H. The molecule has 98 valence electrons. The van der Waals surface area contributed by atoms with Crippen LogP contribution in [-0.4, -0.2) is 15.8 Å². The van der Waals surface area contributed by atoms with Gasteiger partial charge in [-0.3, -0.25) is 14.8 Å². The molecule has 0 aliphatic heterocycles. The zero-order valence-corrected chi connectivity index (χ0v) is 11.7. The number of ketones is 1. The van der Waals surface area contributed by atoms with Crippen LogP contribution in [0.5, 0.6) is 0 Å². The maximum absolute atomic E-state index is 12.6. The Labute approximate surface area is 125 Å². The largest absolute Gasteiger partial charge is 0.288 e. The fourth-order valence-corrected chi connectivity index (χ4v) is 2.37. The molecule has 1 aromatic heterocycles. The Morgan fingerprint density at radius 2 is 1.75 bits per heavy atom. The van der Waals surface area contributed by atoms with Crippen molar-refractivity contribution in [1.82, 2.24) is 9.97 Å². The van der Waals surface area contributed by atoms with Crippen LogP contribution in [0, 0.1) is 0 Å². The summed E-state index contributed by atoms with van der Waals surface area (Å²) in [6.45, 7) is 0. The number of fused-ring (bicyclic) bond motifs is 1. The van der Waals surface area contributed by atoms with E-state index in [-0.39, 0.29) is 5.78 Å². The van der Waals surface area contributed by atoms with Crippen molar-refractivity contribution in [3.8, 4) is 0 Å². The van der Waals surface area contributed by atoms with Crippen LogP contribution in [0.15, 0.2) is 48.8 Å². The zero-order chi connectivity index (χ0) is 14.1. The summed E-state index contributed by atoms with van der Waals surface area (Å²) < 4.78 is 0. The molecular weight excluding hydrogens is 295 g/mol. The smallest absolute Gasteiger partial charge is 0.196 e. The average Bonchev–Trinajstić information content (AvgIpc) is 2.48. The van der Waals surface area contributed by atoms with Crippen LogP contribution in [0.2, 0.25) is 10.0 Å². The Morgan fingerprint density at radius 3 is 2.60 bits per heavy atom. The van der Waals surface area contributed by atoms with Crippen molar-refractivity contribution in [2.24, 2.45) is 0 Å². The number of carbonyl (C=O) groups is 1. The molecule has 3 aromatic rings. The Morgan fingerprint density at radius 1 is 0.950 bits per heavy atom. The van der Waals surface area contributed by atoms with Crippen LogP contribution >= 0.6 is 23.2 Å². The quantitative estimate of drug-likeness (QED) is 0.667. The molecule has 0 N–H and O–H groups in total. The monoisotopic (exact) mass is 302 g/mol. The molecule has 0 saturated heterocycles. The van der Waals surface area contributed by atoms with Crippen molar-refractivity contribution >= 4 is 40.0 Å². The van der Waals surface area contributed by atoms with Crippen LogP contribution in [0.25, 0.3) is 11.0 Å². The van der Waals surface area contributed by atoms with Gasteiger partial charge in [-0.25, -0.2) is 0 Å². The maximum Gasteiger partial charge on any atom is 0.196 e. The summed E-state index contributed by atoms with van der Waals surface area (Å²) in [5.74, 6) is -0.219. The number of para-hydroxylation sites is 1. The molecule has 0 amide bonds. The number of nitrogens with zero attached hydrogens (tertiary/aromatic N) is 2. The van der Waals surface area contributed by atoms with Crippen LogP contribution in [0.4, 0.5) is 0 Å². The minimum absolute atomic E-state index is 0.219. The summed E-state index contributed by atoms with van der Waals surface area (Å²) in [4.78, 5) is 21.0. The van der Waals surface area contributed by atoms with Gasteiger partial charge in [-0.05, 0) is 30.3 Å². The molecule has 0 fully saturated rings. The second-order valence-electron chi connectivity index (χ2n) is 4.18. The first-order chi connectivity index (χ1) is 9.66. The van der Waals surface area contributed by atoms with Gasteiger partial charge in [0.05, 0.1) is 21.6 Å². The Kier molecular flexibility index (Phi) is 3.38. The molecule has 0 atom stereocenters. The summed E-state index contributed by atoms with van der Waals surface area (Å²) in [6, 6.07) is 10.1. The summed E-state index contributed by atoms with van der Waals surface area (Å²) >= 11 is 12.0. The normalized spacial score (nSPS) is 10.7. The third kappa shape index (κ3) is 2.26. The number of hydrogen-bond donors (Lipinski definition) is 0. The number of carbonyl (C=O) groups excluding carboxylic acids is 1. The second kappa shape index (κ2) is 5.19. The van der Waals surface area contributed by atoms with Gasteiger partial charge in [0, 0.05) is 23.0 Å². The first-order valence-electron chi connectivity index (χ1n) is 5.86. The van der Waals surface area contributed by atoms with E-state index in [9.17, 15) is 4.79 Å². The predicted octanol–water partition coefficient (Wildman–Crippen LogP) is 4.17. The topological polar surface area (TPSA) is 42.9 Å². The van der Waals surface area contributed by atoms with Crippen LogP contribution in [-0.2, 0) is 0 Å². The lowest BCUT2D eigenvalue weighted by Gasteiger charge is -2.06. The number of halogens is 2. The van der Waals surface area contributed by atoms with Gasteiger partial charge in [-0.2, -0.15) is 0 Å². The predicted molar refractivity (Wildman–Crippen MR) is 79.4 cm³/mol. The minimum Gasteiger partial charge on any atom is -0.288 e. The van der Waals surface area contributed by atoms with Crippen molar-refractivity contribution in [1.29, 1.82) is 0 Å². The van der Waals surface area contributed by atoms with E-state index in [1.54, 1.807) is 48.8 Å². The van der Waals surface area contributed by atoms with E-state index in [2.05, 4.69) is 9.97 Å². The average molecular weight is 303 g/mol. The SMILES string of the molecule is O=C(c1cc(Cl)ccc1Cl)c1cccc2nccnc12. The fourth-order valence-electron chi connectivity index (χ4n) is 1.99. The van der Waals surface area contributed by atoms with Crippen molar-refractivity contribution in [3.63, 3.8) is 0 Å². The number of benzene rings is 2. The molecule has 1 heterocycles. The van der Waals surface area contributed by atoms with Gasteiger partial charge < -0.3 is 0 Å². The number of aromatic nitrogens is 2. The third-order valence-electron chi connectivity index (χ3n) is 2.92. The van der Waals surface area contributed by atoms with Crippen LogP contribution in [0.1, 0.15) is 15.9 Å².